The summed E-state index contributed by atoms with van der Waals surface area (Å²) in [6, 6.07) is 34.1. The van der Waals surface area contributed by atoms with Gasteiger partial charge in [-0.3, -0.25) is 9.36 Å². The Morgan fingerprint density at radius 3 is 2.40 bits per heavy atom. The van der Waals surface area contributed by atoms with Crippen molar-refractivity contribution >= 4 is 39.9 Å². The van der Waals surface area contributed by atoms with Crippen molar-refractivity contribution in [2.45, 2.75) is 26.5 Å². The number of nitrogens with zero attached hydrogens (tertiary/aromatic N) is 2. The van der Waals surface area contributed by atoms with E-state index in [0.717, 1.165) is 21.9 Å². The number of halogens is 1. The number of benzene rings is 5. The van der Waals surface area contributed by atoms with E-state index in [4.69, 9.17) is 19.2 Å². The number of fused-ring (bicyclic) bond motifs is 2. The molecule has 6 aromatic rings. The second-order valence-corrected chi connectivity index (χ2v) is 12.6. The predicted molar refractivity (Wildman–Crippen MR) is 193 cm³/mol. The summed E-state index contributed by atoms with van der Waals surface area (Å²) in [6.07, 6.45) is 1.78. The Labute approximate surface area is 291 Å². The van der Waals surface area contributed by atoms with Gasteiger partial charge >= 0.3 is 5.97 Å². The number of ether oxygens (including phenoxy) is 3. The van der Waals surface area contributed by atoms with Crippen LogP contribution in [0.3, 0.4) is 0 Å². The quantitative estimate of drug-likeness (QED) is 0.143. The van der Waals surface area contributed by atoms with E-state index in [9.17, 15) is 14.0 Å². The number of carbonyl (C=O) groups is 1. The minimum absolute atomic E-state index is 0.134. The van der Waals surface area contributed by atoms with Crippen LogP contribution in [0.25, 0.3) is 22.5 Å². The molecule has 1 atom stereocenters. The second-order valence-electron chi connectivity index (χ2n) is 11.5. The summed E-state index contributed by atoms with van der Waals surface area (Å²) in [5.41, 5.74) is 3.29. The largest absolute Gasteiger partial charge is 0.490 e. The summed E-state index contributed by atoms with van der Waals surface area (Å²) in [5.74, 6) is 0.107. The van der Waals surface area contributed by atoms with E-state index < -0.39 is 17.8 Å². The molecule has 0 amide bonds. The van der Waals surface area contributed by atoms with Crippen LogP contribution in [0.4, 0.5) is 4.39 Å². The third-order valence-electron chi connectivity index (χ3n) is 8.39. The van der Waals surface area contributed by atoms with Crippen LogP contribution in [0.1, 0.15) is 42.1 Å². The van der Waals surface area contributed by atoms with Gasteiger partial charge in [-0.2, -0.15) is 0 Å². The number of carbonyl (C=O) groups excluding carboxylic acids is 1. The zero-order valence-corrected chi connectivity index (χ0v) is 28.3. The molecule has 50 heavy (non-hydrogen) atoms. The summed E-state index contributed by atoms with van der Waals surface area (Å²) >= 11 is 1.21. The molecule has 1 aliphatic rings. The van der Waals surface area contributed by atoms with Crippen molar-refractivity contribution < 1.29 is 23.4 Å². The SMILES string of the molecule is CCOC(=O)C1=C(c2ccccc2)N=c2s/c(=C\c3ccc(OCc4cccc5ccccc45)c(OCC)c3)c(=O)n2[C@@H]1c1ccc(F)cc1. The zero-order chi connectivity index (χ0) is 34.6. The minimum Gasteiger partial charge on any atom is -0.490 e. The van der Waals surface area contributed by atoms with Gasteiger partial charge in [0.15, 0.2) is 16.3 Å². The maximum atomic E-state index is 14.3. The summed E-state index contributed by atoms with van der Waals surface area (Å²) in [4.78, 5) is 33.2. The molecule has 9 heteroatoms. The molecular weight excluding hydrogens is 652 g/mol. The zero-order valence-electron chi connectivity index (χ0n) is 27.5. The molecular formula is C41H33FN2O5S. The number of hydrogen-bond donors (Lipinski definition) is 0. The Kier molecular flexibility index (Phi) is 9.40. The molecule has 2 heterocycles. The number of aromatic nitrogens is 1. The van der Waals surface area contributed by atoms with E-state index in [2.05, 4.69) is 18.2 Å². The lowest BCUT2D eigenvalue weighted by Gasteiger charge is -2.25. The maximum absolute atomic E-state index is 14.3. The van der Waals surface area contributed by atoms with Gasteiger partial charge in [0.05, 0.1) is 35.1 Å². The first kappa shape index (κ1) is 32.7. The van der Waals surface area contributed by atoms with Crippen molar-refractivity contribution in [3.05, 3.63) is 169 Å². The number of hydrogen-bond acceptors (Lipinski definition) is 7. The third kappa shape index (κ3) is 6.47. The summed E-state index contributed by atoms with van der Waals surface area (Å²) in [6.45, 7) is 4.54. The second kappa shape index (κ2) is 14.4. The normalized spacial score (nSPS) is 14.3. The standard InChI is InChI=1S/C41H33FN2O5S/c1-3-47-34-23-26(17-22-33(34)49-25-30-15-10-14-27-11-8-9-16-32(27)30)24-35-39(45)44-38(29-18-20-31(42)21-19-29)36(40(46)48-4-2)37(43-41(44)50-35)28-12-6-5-7-13-28/h5-24,38H,3-4,25H2,1-2H3/b35-24-/t38-/m1/s1. The van der Waals surface area contributed by atoms with Gasteiger partial charge in [0.2, 0.25) is 0 Å². The predicted octanol–water partition coefficient (Wildman–Crippen LogP) is 7.21. The average molecular weight is 685 g/mol. The first-order valence-electron chi connectivity index (χ1n) is 16.4. The number of esters is 1. The van der Waals surface area contributed by atoms with E-state index in [-0.39, 0.29) is 17.7 Å². The van der Waals surface area contributed by atoms with Crippen LogP contribution in [-0.2, 0) is 16.1 Å². The van der Waals surface area contributed by atoms with E-state index in [0.29, 0.717) is 50.9 Å². The first-order chi connectivity index (χ1) is 24.4. The lowest BCUT2D eigenvalue weighted by molar-refractivity contribution is -0.138. The van der Waals surface area contributed by atoms with E-state index in [1.165, 1.54) is 28.0 Å². The first-order valence-corrected chi connectivity index (χ1v) is 17.2. The molecule has 250 valence electrons. The van der Waals surface area contributed by atoms with Crippen LogP contribution in [0.15, 0.2) is 131 Å². The maximum Gasteiger partial charge on any atom is 0.338 e. The minimum atomic E-state index is -0.896. The molecule has 0 aliphatic carbocycles. The van der Waals surface area contributed by atoms with Crippen molar-refractivity contribution in [3.63, 3.8) is 0 Å². The molecule has 0 bridgehead atoms. The molecule has 7 rings (SSSR count). The fourth-order valence-corrected chi connectivity index (χ4v) is 7.13. The van der Waals surface area contributed by atoms with Crippen molar-refractivity contribution in [2.75, 3.05) is 13.2 Å². The van der Waals surface area contributed by atoms with Crippen molar-refractivity contribution in [1.82, 2.24) is 4.57 Å². The van der Waals surface area contributed by atoms with Gasteiger partial charge in [0.1, 0.15) is 12.4 Å². The highest BCUT2D eigenvalue weighted by Crippen LogP contribution is 2.35. The highest BCUT2D eigenvalue weighted by Gasteiger charge is 2.35. The van der Waals surface area contributed by atoms with E-state index in [1.807, 2.05) is 79.7 Å². The van der Waals surface area contributed by atoms with E-state index in [1.54, 1.807) is 25.1 Å². The molecule has 1 aliphatic heterocycles. The van der Waals surface area contributed by atoms with Crippen molar-refractivity contribution in [1.29, 1.82) is 0 Å². The number of thiazole rings is 1. The fraction of sp³-hybridized carbons (Fsp3) is 0.146. The Morgan fingerprint density at radius 1 is 0.860 bits per heavy atom. The monoisotopic (exact) mass is 684 g/mol. The third-order valence-corrected chi connectivity index (χ3v) is 9.37. The van der Waals surface area contributed by atoms with Gasteiger partial charge < -0.3 is 14.2 Å². The molecule has 0 fully saturated rings. The molecule has 0 saturated carbocycles. The molecule has 0 spiro atoms. The lowest BCUT2D eigenvalue weighted by Crippen LogP contribution is -2.40. The van der Waals surface area contributed by atoms with Crippen LogP contribution in [-0.4, -0.2) is 23.8 Å². The van der Waals surface area contributed by atoms with Crippen molar-refractivity contribution in [3.8, 4) is 11.5 Å². The molecule has 0 N–H and O–H groups in total. The highest BCUT2D eigenvalue weighted by atomic mass is 32.1. The molecule has 0 unspecified atom stereocenters. The molecule has 7 nitrogen and oxygen atoms in total. The Morgan fingerprint density at radius 2 is 1.62 bits per heavy atom. The number of rotatable bonds is 10. The Balaban J connectivity index is 1.32. The summed E-state index contributed by atoms with van der Waals surface area (Å²) in [7, 11) is 0. The smallest absolute Gasteiger partial charge is 0.338 e. The Hall–Kier alpha value is -5.80. The van der Waals surface area contributed by atoms with Crippen LogP contribution in [0, 0.1) is 5.82 Å². The average Bonchev–Trinajstić information content (AvgIpc) is 3.45. The van der Waals surface area contributed by atoms with Gasteiger partial charge in [-0.1, -0.05) is 102 Å². The van der Waals surface area contributed by atoms with Crippen LogP contribution < -0.4 is 24.4 Å². The van der Waals surface area contributed by atoms with Gasteiger partial charge in [0.25, 0.3) is 5.56 Å². The van der Waals surface area contributed by atoms with Crippen molar-refractivity contribution in [2.24, 2.45) is 4.99 Å². The molecule has 1 aromatic heterocycles. The lowest BCUT2D eigenvalue weighted by atomic mass is 9.93. The van der Waals surface area contributed by atoms with Gasteiger partial charge in [-0.25, -0.2) is 14.2 Å². The molecule has 0 radical (unpaired) electrons. The van der Waals surface area contributed by atoms with Crippen LogP contribution in [0.2, 0.25) is 0 Å². The van der Waals surface area contributed by atoms with Crippen LogP contribution >= 0.6 is 11.3 Å². The van der Waals surface area contributed by atoms with E-state index >= 15 is 0 Å². The summed E-state index contributed by atoms with van der Waals surface area (Å²) in [5, 5.41) is 2.27. The highest BCUT2D eigenvalue weighted by molar-refractivity contribution is 7.07. The summed E-state index contributed by atoms with van der Waals surface area (Å²) < 4.78 is 33.7. The van der Waals surface area contributed by atoms with Gasteiger partial charge in [-0.15, -0.1) is 0 Å². The topological polar surface area (TPSA) is 79.1 Å². The van der Waals surface area contributed by atoms with Crippen LogP contribution in [0.5, 0.6) is 11.5 Å². The van der Waals surface area contributed by atoms with Gasteiger partial charge in [-0.05, 0) is 71.7 Å². The fourth-order valence-electron chi connectivity index (χ4n) is 6.13. The Bertz CT molecular complexity index is 2410. The van der Waals surface area contributed by atoms with Gasteiger partial charge in [0, 0.05) is 5.56 Å². The molecule has 0 saturated heterocycles. The molecule has 5 aromatic carbocycles.